The highest BCUT2D eigenvalue weighted by molar-refractivity contribution is 5.96. The summed E-state index contributed by atoms with van der Waals surface area (Å²) in [5.74, 6) is 0.0574. The van der Waals surface area contributed by atoms with E-state index in [1.807, 2.05) is 20.8 Å². The quantitative estimate of drug-likeness (QED) is 0.921. The summed E-state index contributed by atoms with van der Waals surface area (Å²) in [5.41, 5.74) is 4.40. The van der Waals surface area contributed by atoms with Gasteiger partial charge in [0.15, 0.2) is 0 Å². The minimum absolute atomic E-state index is 0.0574. The molecule has 0 radical (unpaired) electrons. The molecule has 0 saturated carbocycles. The monoisotopic (exact) mass is 276 g/mol. The third kappa shape index (κ3) is 3.38. The number of hydrogen-bond acceptors (Lipinski definition) is 3. The van der Waals surface area contributed by atoms with Crippen LogP contribution >= 0.6 is 0 Å². The standard InChI is InChI=1S/C16H24N2O2/c1-11-9-12(2)15(13(3)10-11)17-16(19)14(4)18-5-7-20-8-6-18/h9-10,14H,5-8H2,1-4H3,(H,17,19). The highest BCUT2D eigenvalue weighted by Gasteiger charge is 2.23. The van der Waals surface area contributed by atoms with Crippen LogP contribution in [0.3, 0.4) is 0 Å². The summed E-state index contributed by atoms with van der Waals surface area (Å²) < 4.78 is 5.33. The zero-order valence-electron chi connectivity index (χ0n) is 12.8. The van der Waals surface area contributed by atoms with E-state index in [4.69, 9.17) is 4.74 Å². The van der Waals surface area contributed by atoms with Crippen molar-refractivity contribution in [3.05, 3.63) is 28.8 Å². The number of carbonyl (C=O) groups excluding carboxylic acids is 1. The Labute approximate surface area is 121 Å². The van der Waals surface area contributed by atoms with Gasteiger partial charge in [0.2, 0.25) is 5.91 Å². The molecule has 1 amide bonds. The van der Waals surface area contributed by atoms with Crippen molar-refractivity contribution in [1.82, 2.24) is 4.90 Å². The summed E-state index contributed by atoms with van der Waals surface area (Å²) in [6.07, 6.45) is 0. The Morgan fingerprint density at radius 2 is 1.75 bits per heavy atom. The summed E-state index contributed by atoms with van der Waals surface area (Å²) in [5, 5.41) is 3.08. The topological polar surface area (TPSA) is 41.6 Å². The number of nitrogens with zero attached hydrogens (tertiary/aromatic N) is 1. The predicted octanol–water partition coefficient (Wildman–Crippen LogP) is 2.27. The van der Waals surface area contributed by atoms with Crippen LogP contribution in [0.15, 0.2) is 12.1 Å². The molecule has 0 bridgehead atoms. The van der Waals surface area contributed by atoms with E-state index >= 15 is 0 Å². The highest BCUT2D eigenvalue weighted by atomic mass is 16.5. The number of benzene rings is 1. The molecular formula is C16H24N2O2. The Bertz CT molecular complexity index is 470. The van der Waals surface area contributed by atoms with E-state index in [1.54, 1.807) is 0 Å². The van der Waals surface area contributed by atoms with E-state index in [-0.39, 0.29) is 11.9 Å². The van der Waals surface area contributed by atoms with Crippen LogP contribution in [0, 0.1) is 20.8 Å². The van der Waals surface area contributed by atoms with Gasteiger partial charge in [-0.15, -0.1) is 0 Å². The zero-order valence-corrected chi connectivity index (χ0v) is 12.8. The van der Waals surface area contributed by atoms with E-state index < -0.39 is 0 Å². The smallest absolute Gasteiger partial charge is 0.241 e. The molecule has 1 aromatic carbocycles. The molecular weight excluding hydrogens is 252 g/mol. The highest BCUT2D eigenvalue weighted by Crippen LogP contribution is 2.22. The lowest BCUT2D eigenvalue weighted by Crippen LogP contribution is -2.47. The molecule has 1 unspecified atom stereocenters. The molecule has 1 N–H and O–H groups in total. The number of aryl methyl sites for hydroxylation is 3. The SMILES string of the molecule is Cc1cc(C)c(NC(=O)C(C)N2CCOCC2)c(C)c1. The average molecular weight is 276 g/mol. The first kappa shape index (κ1) is 15.0. The fourth-order valence-electron chi connectivity index (χ4n) is 2.74. The largest absolute Gasteiger partial charge is 0.379 e. The third-order valence-corrected chi connectivity index (χ3v) is 3.90. The summed E-state index contributed by atoms with van der Waals surface area (Å²) in [7, 11) is 0. The minimum Gasteiger partial charge on any atom is -0.379 e. The van der Waals surface area contributed by atoms with Gasteiger partial charge in [-0.3, -0.25) is 9.69 Å². The second-order valence-electron chi connectivity index (χ2n) is 5.59. The van der Waals surface area contributed by atoms with Crippen LogP contribution in [0.25, 0.3) is 0 Å². The lowest BCUT2D eigenvalue weighted by molar-refractivity contribution is -0.122. The van der Waals surface area contributed by atoms with E-state index in [1.165, 1.54) is 5.56 Å². The van der Waals surface area contributed by atoms with Crippen molar-refractivity contribution < 1.29 is 9.53 Å². The van der Waals surface area contributed by atoms with Crippen LogP contribution in [-0.4, -0.2) is 43.2 Å². The first-order valence-electron chi connectivity index (χ1n) is 7.19. The number of anilines is 1. The van der Waals surface area contributed by atoms with Crippen LogP contribution in [-0.2, 0) is 9.53 Å². The summed E-state index contributed by atoms with van der Waals surface area (Å²) in [4.78, 5) is 14.6. The Morgan fingerprint density at radius 3 is 2.30 bits per heavy atom. The Kier molecular flexibility index (Phi) is 4.78. The lowest BCUT2D eigenvalue weighted by Gasteiger charge is -2.31. The lowest BCUT2D eigenvalue weighted by atomic mass is 10.0. The molecule has 1 aromatic rings. The van der Waals surface area contributed by atoms with Gasteiger partial charge in [0.25, 0.3) is 0 Å². The van der Waals surface area contributed by atoms with Crippen molar-refractivity contribution in [2.75, 3.05) is 31.6 Å². The minimum atomic E-state index is -0.126. The van der Waals surface area contributed by atoms with Gasteiger partial charge < -0.3 is 10.1 Å². The normalized spacial score (nSPS) is 17.8. The molecule has 2 rings (SSSR count). The van der Waals surface area contributed by atoms with Crippen molar-refractivity contribution in [3.8, 4) is 0 Å². The maximum Gasteiger partial charge on any atom is 0.241 e. The number of carbonyl (C=O) groups is 1. The van der Waals surface area contributed by atoms with Crippen LogP contribution in [0.1, 0.15) is 23.6 Å². The van der Waals surface area contributed by atoms with Gasteiger partial charge in [0.05, 0.1) is 19.3 Å². The van der Waals surface area contributed by atoms with Crippen molar-refractivity contribution in [3.63, 3.8) is 0 Å². The zero-order chi connectivity index (χ0) is 14.7. The van der Waals surface area contributed by atoms with Gasteiger partial charge in [-0.05, 0) is 38.8 Å². The molecule has 1 aliphatic rings. The average Bonchev–Trinajstić information content (AvgIpc) is 2.42. The van der Waals surface area contributed by atoms with Gasteiger partial charge in [-0.25, -0.2) is 0 Å². The number of amides is 1. The van der Waals surface area contributed by atoms with Crippen LogP contribution in [0.2, 0.25) is 0 Å². The number of hydrogen-bond donors (Lipinski definition) is 1. The molecule has 1 aliphatic heterocycles. The number of rotatable bonds is 3. The second-order valence-corrected chi connectivity index (χ2v) is 5.59. The molecule has 0 aliphatic carbocycles. The molecule has 1 saturated heterocycles. The van der Waals surface area contributed by atoms with Crippen LogP contribution in [0.5, 0.6) is 0 Å². The maximum atomic E-state index is 12.4. The van der Waals surface area contributed by atoms with Crippen molar-refractivity contribution in [2.24, 2.45) is 0 Å². The third-order valence-electron chi connectivity index (χ3n) is 3.90. The van der Waals surface area contributed by atoms with Crippen LogP contribution in [0.4, 0.5) is 5.69 Å². The molecule has 1 fully saturated rings. The van der Waals surface area contributed by atoms with E-state index in [0.29, 0.717) is 13.2 Å². The molecule has 20 heavy (non-hydrogen) atoms. The molecule has 0 spiro atoms. The molecule has 4 heteroatoms. The summed E-state index contributed by atoms with van der Waals surface area (Å²) in [6, 6.07) is 4.07. The van der Waals surface area contributed by atoms with E-state index in [0.717, 1.165) is 29.9 Å². The fraction of sp³-hybridized carbons (Fsp3) is 0.562. The van der Waals surface area contributed by atoms with Gasteiger partial charge >= 0.3 is 0 Å². The van der Waals surface area contributed by atoms with E-state index in [2.05, 4.69) is 29.3 Å². The summed E-state index contributed by atoms with van der Waals surface area (Å²) >= 11 is 0. The summed E-state index contributed by atoms with van der Waals surface area (Å²) in [6.45, 7) is 11.2. The maximum absolute atomic E-state index is 12.4. The first-order valence-corrected chi connectivity index (χ1v) is 7.19. The predicted molar refractivity (Wildman–Crippen MR) is 81.1 cm³/mol. The number of ether oxygens (including phenoxy) is 1. The molecule has 1 atom stereocenters. The number of morpholine rings is 1. The van der Waals surface area contributed by atoms with Crippen molar-refractivity contribution >= 4 is 11.6 Å². The van der Waals surface area contributed by atoms with Crippen molar-refractivity contribution in [2.45, 2.75) is 33.7 Å². The molecule has 110 valence electrons. The Balaban J connectivity index is 2.07. The molecule has 1 heterocycles. The van der Waals surface area contributed by atoms with E-state index in [9.17, 15) is 4.79 Å². The molecule has 0 aromatic heterocycles. The number of nitrogens with one attached hydrogen (secondary N) is 1. The fourth-order valence-corrected chi connectivity index (χ4v) is 2.74. The van der Waals surface area contributed by atoms with Crippen molar-refractivity contribution in [1.29, 1.82) is 0 Å². The van der Waals surface area contributed by atoms with Gasteiger partial charge in [0.1, 0.15) is 0 Å². The van der Waals surface area contributed by atoms with Crippen LogP contribution < -0.4 is 5.32 Å². The second kappa shape index (κ2) is 6.37. The molecule has 4 nitrogen and oxygen atoms in total. The van der Waals surface area contributed by atoms with Gasteiger partial charge in [-0.1, -0.05) is 17.7 Å². The Hall–Kier alpha value is -1.39. The Morgan fingerprint density at radius 1 is 1.20 bits per heavy atom. The first-order chi connectivity index (χ1) is 9.49. The van der Waals surface area contributed by atoms with Gasteiger partial charge in [0, 0.05) is 18.8 Å². The van der Waals surface area contributed by atoms with Gasteiger partial charge in [-0.2, -0.15) is 0 Å².